The van der Waals surface area contributed by atoms with Gasteiger partial charge in [-0.15, -0.1) is 0 Å². The molecular formula is C23H24N2O4. The van der Waals surface area contributed by atoms with E-state index in [-0.39, 0.29) is 29.2 Å². The van der Waals surface area contributed by atoms with Gasteiger partial charge in [0.15, 0.2) is 0 Å². The lowest BCUT2D eigenvalue weighted by molar-refractivity contribution is -0.135. The van der Waals surface area contributed by atoms with Crippen molar-refractivity contribution in [3.63, 3.8) is 0 Å². The summed E-state index contributed by atoms with van der Waals surface area (Å²) in [5.41, 5.74) is 2.85. The zero-order valence-corrected chi connectivity index (χ0v) is 17.0. The summed E-state index contributed by atoms with van der Waals surface area (Å²) in [6.07, 6.45) is -0.0343. The summed E-state index contributed by atoms with van der Waals surface area (Å²) >= 11 is 0. The number of rotatable bonds is 3. The van der Waals surface area contributed by atoms with Crippen LogP contribution in [0.4, 0.5) is 0 Å². The number of aromatic nitrogens is 2. The summed E-state index contributed by atoms with van der Waals surface area (Å²) in [5, 5.41) is 0.921. The van der Waals surface area contributed by atoms with Gasteiger partial charge in [-0.2, -0.15) is 0 Å². The number of aryl methyl sites for hydroxylation is 2. The first-order valence-electron chi connectivity index (χ1n) is 9.83. The van der Waals surface area contributed by atoms with Gasteiger partial charge in [-0.25, -0.2) is 0 Å². The summed E-state index contributed by atoms with van der Waals surface area (Å²) in [5.74, 6) is -0.563. The van der Waals surface area contributed by atoms with Gasteiger partial charge in [0, 0.05) is 29.8 Å². The molecule has 0 saturated heterocycles. The molecule has 3 heterocycles. The molecule has 0 aliphatic carbocycles. The lowest BCUT2D eigenvalue weighted by Crippen LogP contribution is -2.34. The third-order valence-corrected chi connectivity index (χ3v) is 5.31. The number of esters is 1. The number of nitrogens with one attached hydrogen (secondary N) is 1. The highest BCUT2D eigenvalue weighted by molar-refractivity contribution is 5.82. The molecule has 4 rings (SSSR count). The Balaban J connectivity index is 2.02. The Morgan fingerprint density at radius 2 is 1.90 bits per heavy atom. The molecule has 0 amide bonds. The van der Waals surface area contributed by atoms with Gasteiger partial charge >= 0.3 is 5.97 Å². The first-order chi connectivity index (χ1) is 13.7. The van der Waals surface area contributed by atoms with Crippen LogP contribution < -0.4 is 15.9 Å². The third kappa shape index (κ3) is 3.39. The number of H-pyrrole nitrogens is 1. The van der Waals surface area contributed by atoms with Gasteiger partial charge in [0.05, 0.1) is 17.5 Å². The minimum absolute atomic E-state index is 0.0343. The maximum Gasteiger partial charge on any atom is 0.312 e. The molecule has 1 aliphatic rings. The highest BCUT2D eigenvalue weighted by Crippen LogP contribution is 2.36. The number of nitrogens with zero attached hydrogens (tertiary/aromatic N) is 1. The van der Waals surface area contributed by atoms with Crippen LogP contribution in [0, 0.1) is 19.8 Å². The Kier molecular flexibility index (Phi) is 4.65. The Bertz CT molecular complexity index is 1250. The van der Waals surface area contributed by atoms with E-state index in [0.29, 0.717) is 23.4 Å². The number of pyridine rings is 2. The molecule has 0 radical (unpaired) electrons. The Labute approximate surface area is 168 Å². The average molecular weight is 392 g/mol. The molecule has 3 aromatic rings. The van der Waals surface area contributed by atoms with Gasteiger partial charge in [-0.05, 0) is 43.4 Å². The van der Waals surface area contributed by atoms with Crippen LogP contribution in [0.2, 0.25) is 0 Å². The van der Waals surface area contributed by atoms with E-state index in [2.05, 4.69) is 18.8 Å². The van der Waals surface area contributed by atoms with Crippen molar-refractivity contribution in [2.24, 2.45) is 5.92 Å². The molecule has 0 saturated carbocycles. The van der Waals surface area contributed by atoms with Gasteiger partial charge < -0.3 is 14.3 Å². The first kappa shape index (κ1) is 19.2. The normalized spacial score (nSPS) is 16.2. The van der Waals surface area contributed by atoms with E-state index in [4.69, 9.17) is 4.74 Å². The number of carbonyl (C=O) groups is 1. The smallest absolute Gasteiger partial charge is 0.312 e. The third-order valence-electron chi connectivity index (χ3n) is 5.31. The summed E-state index contributed by atoms with van der Waals surface area (Å²) in [4.78, 5) is 41.3. The maximum atomic E-state index is 13.5. The lowest BCUT2D eigenvalue weighted by Gasteiger charge is -2.25. The van der Waals surface area contributed by atoms with Crippen molar-refractivity contribution in [2.45, 2.75) is 46.6 Å². The second-order valence-corrected chi connectivity index (χ2v) is 8.26. The standard InChI is InChI=1S/C23H24N2O4/c1-12(2)11-25-18-6-5-13(3)7-15(18)9-17(23(25)28)16-10-20(26)29-19-8-14(4)24-22(27)21(16)19/h5-9,12,16H,10-11H2,1-4H3,(H,24,27)/t16-/m1/s1. The molecule has 0 bridgehead atoms. The predicted molar refractivity (Wildman–Crippen MR) is 112 cm³/mol. The molecule has 6 nitrogen and oxygen atoms in total. The van der Waals surface area contributed by atoms with E-state index in [1.165, 1.54) is 0 Å². The minimum Gasteiger partial charge on any atom is -0.426 e. The van der Waals surface area contributed by atoms with E-state index in [0.717, 1.165) is 16.5 Å². The van der Waals surface area contributed by atoms with Crippen LogP contribution in [0.1, 0.15) is 48.6 Å². The molecule has 0 fully saturated rings. The molecule has 1 aromatic carbocycles. The van der Waals surface area contributed by atoms with Gasteiger partial charge in [-0.3, -0.25) is 14.4 Å². The fourth-order valence-electron chi connectivity index (χ4n) is 4.11. The number of ether oxygens (including phenoxy) is 1. The highest BCUT2D eigenvalue weighted by atomic mass is 16.5. The van der Waals surface area contributed by atoms with Crippen LogP contribution in [-0.4, -0.2) is 15.5 Å². The zero-order chi connectivity index (χ0) is 20.9. The number of carbonyl (C=O) groups excluding carboxylic acids is 1. The van der Waals surface area contributed by atoms with Crippen LogP contribution in [0.15, 0.2) is 39.9 Å². The molecule has 29 heavy (non-hydrogen) atoms. The quantitative estimate of drug-likeness (QED) is 0.693. The summed E-state index contributed by atoms with van der Waals surface area (Å²) in [6, 6.07) is 9.43. The molecule has 2 aromatic heterocycles. The molecule has 6 heteroatoms. The molecular weight excluding hydrogens is 368 g/mol. The van der Waals surface area contributed by atoms with Gasteiger partial charge in [-0.1, -0.05) is 25.5 Å². The topological polar surface area (TPSA) is 81.2 Å². The second kappa shape index (κ2) is 7.03. The average Bonchev–Trinajstić information content (AvgIpc) is 2.62. The van der Waals surface area contributed by atoms with Crippen molar-refractivity contribution < 1.29 is 9.53 Å². The molecule has 150 valence electrons. The van der Waals surface area contributed by atoms with Gasteiger partial charge in [0.2, 0.25) is 0 Å². The van der Waals surface area contributed by atoms with E-state index < -0.39 is 11.9 Å². The van der Waals surface area contributed by atoms with E-state index in [1.54, 1.807) is 17.6 Å². The van der Waals surface area contributed by atoms with Crippen molar-refractivity contribution in [3.8, 4) is 5.75 Å². The van der Waals surface area contributed by atoms with E-state index >= 15 is 0 Å². The number of fused-ring (bicyclic) bond motifs is 2. The number of hydrogen-bond donors (Lipinski definition) is 1. The van der Waals surface area contributed by atoms with Crippen LogP contribution in [0.3, 0.4) is 0 Å². The maximum absolute atomic E-state index is 13.5. The van der Waals surface area contributed by atoms with Crippen LogP contribution in [-0.2, 0) is 11.3 Å². The summed E-state index contributed by atoms with van der Waals surface area (Å²) in [6.45, 7) is 8.39. The number of aromatic amines is 1. The monoisotopic (exact) mass is 392 g/mol. The van der Waals surface area contributed by atoms with E-state index in [1.807, 2.05) is 31.2 Å². The van der Waals surface area contributed by atoms with Gasteiger partial charge in [0.25, 0.3) is 11.1 Å². The fraction of sp³-hybridized carbons (Fsp3) is 0.348. The van der Waals surface area contributed by atoms with Crippen LogP contribution >= 0.6 is 0 Å². The minimum atomic E-state index is -0.633. The van der Waals surface area contributed by atoms with Crippen LogP contribution in [0.5, 0.6) is 5.75 Å². The molecule has 1 N–H and O–H groups in total. The predicted octanol–water partition coefficient (Wildman–Crippen LogP) is 3.40. The SMILES string of the molecule is Cc1ccc2c(c1)cc([C@H]1CC(=O)Oc3cc(C)[nH]c(=O)c31)c(=O)n2CC(C)C. The molecule has 0 unspecified atom stereocenters. The number of benzene rings is 1. The van der Waals surface area contributed by atoms with Crippen molar-refractivity contribution in [1.29, 1.82) is 0 Å². The fourth-order valence-corrected chi connectivity index (χ4v) is 4.11. The first-order valence-corrected chi connectivity index (χ1v) is 9.83. The summed E-state index contributed by atoms with van der Waals surface area (Å²) < 4.78 is 7.08. The zero-order valence-electron chi connectivity index (χ0n) is 17.0. The number of hydrogen-bond acceptors (Lipinski definition) is 4. The van der Waals surface area contributed by atoms with Crippen molar-refractivity contribution in [3.05, 3.63) is 73.4 Å². The Hall–Kier alpha value is -3.15. The van der Waals surface area contributed by atoms with Crippen molar-refractivity contribution >= 4 is 16.9 Å². The van der Waals surface area contributed by atoms with E-state index in [9.17, 15) is 14.4 Å². The Morgan fingerprint density at radius 1 is 1.14 bits per heavy atom. The second-order valence-electron chi connectivity index (χ2n) is 8.26. The molecule has 0 spiro atoms. The highest BCUT2D eigenvalue weighted by Gasteiger charge is 2.33. The van der Waals surface area contributed by atoms with Crippen molar-refractivity contribution in [1.82, 2.24) is 9.55 Å². The summed E-state index contributed by atoms with van der Waals surface area (Å²) in [7, 11) is 0. The molecule has 1 aliphatic heterocycles. The molecule has 1 atom stereocenters. The van der Waals surface area contributed by atoms with Gasteiger partial charge in [0.1, 0.15) is 5.75 Å². The largest absolute Gasteiger partial charge is 0.426 e. The lowest BCUT2D eigenvalue weighted by atomic mass is 9.87. The van der Waals surface area contributed by atoms with Crippen molar-refractivity contribution in [2.75, 3.05) is 0 Å². The van der Waals surface area contributed by atoms with Crippen LogP contribution in [0.25, 0.3) is 10.9 Å². The Morgan fingerprint density at radius 3 is 2.62 bits per heavy atom.